The van der Waals surface area contributed by atoms with Gasteiger partial charge in [0.2, 0.25) is 0 Å². The number of hydrogen-bond acceptors (Lipinski definition) is 2. The fourth-order valence-electron chi connectivity index (χ4n) is 2.73. The van der Waals surface area contributed by atoms with E-state index in [-0.39, 0.29) is 12.0 Å². The Balaban J connectivity index is 2.09. The predicted molar refractivity (Wildman–Crippen MR) is 79.2 cm³/mol. The number of unbranched alkanes of at least 4 members (excludes halogenated alkanes) is 7. The topological polar surface area (TPSA) is 38.3 Å². The van der Waals surface area contributed by atoms with E-state index in [1.807, 2.05) is 13.8 Å². The van der Waals surface area contributed by atoms with Crippen molar-refractivity contribution in [2.45, 2.75) is 90.3 Å². The first-order valence-corrected chi connectivity index (χ1v) is 8.04. The molecule has 1 aliphatic heterocycles. The minimum absolute atomic E-state index is 0.0635. The normalized spacial score (nSPS) is 27.3. The second-order valence-corrected chi connectivity index (χ2v) is 6.09. The van der Waals surface area contributed by atoms with E-state index in [4.69, 9.17) is 4.74 Å². The molecule has 19 heavy (non-hydrogen) atoms. The van der Waals surface area contributed by atoms with Gasteiger partial charge < -0.3 is 10.1 Å². The molecule has 0 bridgehead atoms. The van der Waals surface area contributed by atoms with E-state index in [2.05, 4.69) is 12.2 Å². The van der Waals surface area contributed by atoms with Crippen molar-refractivity contribution in [2.75, 3.05) is 6.54 Å². The van der Waals surface area contributed by atoms with Crippen LogP contribution in [0.25, 0.3) is 0 Å². The van der Waals surface area contributed by atoms with Gasteiger partial charge in [0, 0.05) is 6.54 Å². The van der Waals surface area contributed by atoms with Crippen molar-refractivity contribution in [3.8, 4) is 0 Å². The van der Waals surface area contributed by atoms with Crippen molar-refractivity contribution < 1.29 is 9.53 Å². The zero-order valence-corrected chi connectivity index (χ0v) is 13.0. The Labute approximate surface area is 118 Å². The maximum atomic E-state index is 11.9. The Hall–Kier alpha value is -0.570. The van der Waals surface area contributed by atoms with E-state index in [9.17, 15) is 4.79 Å². The fourth-order valence-corrected chi connectivity index (χ4v) is 2.73. The quantitative estimate of drug-likeness (QED) is 0.646. The Morgan fingerprint density at radius 2 is 1.74 bits per heavy atom. The van der Waals surface area contributed by atoms with Crippen LogP contribution in [0.4, 0.5) is 0 Å². The smallest absolute Gasteiger partial charge is 0.252 e. The molecule has 0 spiro atoms. The van der Waals surface area contributed by atoms with Gasteiger partial charge in [0.15, 0.2) is 0 Å². The molecule has 1 amide bonds. The summed E-state index contributed by atoms with van der Waals surface area (Å²) in [4.78, 5) is 11.9. The molecule has 3 nitrogen and oxygen atoms in total. The molecule has 0 saturated carbocycles. The summed E-state index contributed by atoms with van der Waals surface area (Å²) in [6.45, 7) is 6.84. The second kappa shape index (κ2) is 8.57. The van der Waals surface area contributed by atoms with E-state index in [1.54, 1.807) is 0 Å². The molecule has 1 saturated heterocycles. The third-order valence-electron chi connectivity index (χ3n) is 4.00. The minimum Gasteiger partial charge on any atom is -0.361 e. The van der Waals surface area contributed by atoms with Crippen LogP contribution in [0.5, 0.6) is 0 Å². The molecule has 3 heteroatoms. The van der Waals surface area contributed by atoms with Crippen molar-refractivity contribution in [1.82, 2.24) is 5.32 Å². The molecule has 0 aromatic heterocycles. The van der Waals surface area contributed by atoms with Crippen LogP contribution in [-0.2, 0) is 9.53 Å². The van der Waals surface area contributed by atoms with Gasteiger partial charge in [0.25, 0.3) is 5.91 Å². The average molecular weight is 269 g/mol. The van der Waals surface area contributed by atoms with E-state index in [0.717, 1.165) is 12.8 Å². The van der Waals surface area contributed by atoms with E-state index in [0.29, 0.717) is 6.54 Å². The van der Waals surface area contributed by atoms with Gasteiger partial charge in [-0.15, -0.1) is 0 Å². The molecule has 1 fully saturated rings. The first-order chi connectivity index (χ1) is 9.08. The Bertz CT molecular complexity index is 267. The summed E-state index contributed by atoms with van der Waals surface area (Å²) in [7, 11) is 0. The zero-order valence-electron chi connectivity index (χ0n) is 13.0. The number of hydrogen-bond donors (Lipinski definition) is 1. The number of carbonyl (C=O) groups is 1. The van der Waals surface area contributed by atoms with E-state index < -0.39 is 5.60 Å². The van der Waals surface area contributed by atoms with Gasteiger partial charge in [-0.25, -0.2) is 0 Å². The molecule has 0 radical (unpaired) electrons. The molecule has 0 aliphatic carbocycles. The van der Waals surface area contributed by atoms with Crippen LogP contribution in [0, 0.1) is 0 Å². The highest BCUT2D eigenvalue weighted by Crippen LogP contribution is 2.24. The lowest BCUT2D eigenvalue weighted by Gasteiger charge is -2.36. The van der Waals surface area contributed by atoms with Crippen molar-refractivity contribution in [2.24, 2.45) is 0 Å². The lowest BCUT2D eigenvalue weighted by atomic mass is 9.94. The number of rotatable bonds is 9. The summed E-state index contributed by atoms with van der Waals surface area (Å²) in [6, 6.07) is 0. The van der Waals surface area contributed by atoms with Crippen LogP contribution in [-0.4, -0.2) is 24.2 Å². The van der Waals surface area contributed by atoms with Crippen molar-refractivity contribution >= 4 is 5.91 Å². The summed E-state index contributed by atoms with van der Waals surface area (Å²) in [5, 5.41) is 2.93. The fraction of sp³-hybridized carbons (Fsp3) is 0.938. The first kappa shape index (κ1) is 16.5. The molecule has 2 unspecified atom stereocenters. The molecule has 0 aromatic rings. The Morgan fingerprint density at radius 1 is 1.16 bits per heavy atom. The molecule has 112 valence electrons. The number of morpholine rings is 1. The second-order valence-electron chi connectivity index (χ2n) is 6.09. The van der Waals surface area contributed by atoms with Crippen LogP contribution >= 0.6 is 0 Å². The maximum absolute atomic E-state index is 11.9. The van der Waals surface area contributed by atoms with E-state index in [1.165, 1.54) is 44.9 Å². The lowest BCUT2D eigenvalue weighted by molar-refractivity contribution is -0.162. The van der Waals surface area contributed by atoms with Crippen LogP contribution in [0.3, 0.4) is 0 Å². The van der Waals surface area contributed by atoms with E-state index >= 15 is 0 Å². The zero-order chi connectivity index (χ0) is 14.1. The lowest BCUT2D eigenvalue weighted by Crippen LogP contribution is -2.55. The van der Waals surface area contributed by atoms with Crippen LogP contribution in [0.2, 0.25) is 0 Å². The summed E-state index contributed by atoms with van der Waals surface area (Å²) in [5.74, 6) is 0.0635. The van der Waals surface area contributed by atoms with Crippen molar-refractivity contribution in [1.29, 1.82) is 0 Å². The molecule has 1 aliphatic rings. The molecular formula is C16H31NO2. The summed E-state index contributed by atoms with van der Waals surface area (Å²) in [6.07, 6.45) is 11.3. The number of nitrogens with one attached hydrogen (secondary N) is 1. The summed E-state index contributed by atoms with van der Waals surface area (Å²) >= 11 is 0. The highest BCUT2D eigenvalue weighted by atomic mass is 16.5. The van der Waals surface area contributed by atoms with Crippen molar-refractivity contribution in [3.63, 3.8) is 0 Å². The maximum Gasteiger partial charge on any atom is 0.252 e. The van der Waals surface area contributed by atoms with Gasteiger partial charge >= 0.3 is 0 Å². The van der Waals surface area contributed by atoms with Crippen LogP contribution in [0.15, 0.2) is 0 Å². The molecule has 1 heterocycles. The van der Waals surface area contributed by atoms with Gasteiger partial charge in [-0.3, -0.25) is 4.79 Å². The monoisotopic (exact) mass is 269 g/mol. The number of ether oxygens (including phenoxy) is 1. The molecule has 0 aromatic carbocycles. The predicted octanol–water partition coefficient (Wildman–Crippen LogP) is 3.81. The molecular weight excluding hydrogens is 238 g/mol. The number of carbonyl (C=O) groups excluding carboxylic acids is 1. The van der Waals surface area contributed by atoms with Crippen molar-refractivity contribution in [3.05, 3.63) is 0 Å². The van der Waals surface area contributed by atoms with Gasteiger partial charge in [0.05, 0.1) is 6.10 Å². The summed E-state index contributed by atoms with van der Waals surface area (Å²) in [5.41, 5.74) is -0.597. The molecule has 2 atom stereocenters. The van der Waals surface area contributed by atoms with Gasteiger partial charge in [-0.05, 0) is 20.3 Å². The first-order valence-electron chi connectivity index (χ1n) is 8.04. The van der Waals surface area contributed by atoms with Crippen LogP contribution in [0.1, 0.15) is 78.6 Å². The minimum atomic E-state index is -0.597. The van der Waals surface area contributed by atoms with Gasteiger partial charge in [0.1, 0.15) is 5.60 Å². The molecule has 1 N–H and O–H groups in total. The third-order valence-corrected chi connectivity index (χ3v) is 4.00. The number of amides is 1. The van der Waals surface area contributed by atoms with Gasteiger partial charge in [-0.2, -0.15) is 0 Å². The SMILES string of the molecule is CCCCCCCCCCC1(C)OC(C)CNC1=O. The molecule has 1 rings (SSSR count). The average Bonchev–Trinajstić information content (AvgIpc) is 2.37. The van der Waals surface area contributed by atoms with Crippen LogP contribution < -0.4 is 5.32 Å². The Morgan fingerprint density at radius 3 is 2.37 bits per heavy atom. The highest BCUT2D eigenvalue weighted by Gasteiger charge is 2.38. The largest absolute Gasteiger partial charge is 0.361 e. The highest BCUT2D eigenvalue weighted by molar-refractivity contribution is 5.85. The third kappa shape index (κ3) is 5.94. The summed E-state index contributed by atoms with van der Waals surface area (Å²) < 4.78 is 5.83. The van der Waals surface area contributed by atoms with Gasteiger partial charge in [-0.1, -0.05) is 58.3 Å². The Kier molecular flexibility index (Phi) is 7.44. The standard InChI is InChI=1S/C16H31NO2/c1-4-5-6-7-8-9-10-11-12-16(3)15(18)17-13-14(2)19-16/h14H,4-13H2,1-3H3,(H,17,18).